The van der Waals surface area contributed by atoms with Crippen LogP contribution in [0.15, 0.2) is 0 Å². The Balaban J connectivity index is 1.94. The van der Waals surface area contributed by atoms with E-state index in [9.17, 15) is 0 Å². The van der Waals surface area contributed by atoms with E-state index in [2.05, 4.69) is 20.6 Å². The zero-order valence-corrected chi connectivity index (χ0v) is 10.9. The molecule has 1 unspecified atom stereocenters. The maximum Gasteiger partial charge on any atom is 0.187 e. The number of ether oxygens (including phenoxy) is 1. The van der Waals surface area contributed by atoms with E-state index in [1.54, 1.807) is 0 Å². The Morgan fingerprint density at radius 1 is 1.56 bits per heavy atom. The second kappa shape index (κ2) is 5.80. The number of anilines is 1. The van der Waals surface area contributed by atoms with E-state index in [0.717, 1.165) is 56.5 Å². The van der Waals surface area contributed by atoms with Gasteiger partial charge in [0, 0.05) is 19.7 Å². The minimum Gasteiger partial charge on any atom is -0.376 e. The molecule has 0 amide bonds. The van der Waals surface area contributed by atoms with Gasteiger partial charge in [-0.05, 0) is 19.3 Å². The Labute approximate surface area is 105 Å². The number of halogens is 1. The molecule has 0 N–H and O–H groups in total. The van der Waals surface area contributed by atoms with Crippen LogP contribution in [0.2, 0.25) is 5.15 Å². The molecular weight excluding hydrogens is 246 g/mol. The Morgan fingerprint density at radius 2 is 2.44 bits per heavy atom. The molecule has 4 nitrogen and oxygen atoms in total. The molecule has 0 radical (unpaired) electrons. The summed E-state index contributed by atoms with van der Waals surface area (Å²) in [7, 11) is 0. The van der Waals surface area contributed by atoms with Crippen LogP contribution in [0.4, 0.5) is 5.82 Å². The van der Waals surface area contributed by atoms with Crippen LogP contribution in [0.5, 0.6) is 0 Å². The molecule has 0 aliphatic carbocycles. The number of rotatable bonds is 4. The summed E-state index contributed by atoms with van der Waals surface area (Å²) in [6, 6.07) is 0. The summed E-state index contributed by atoms with van der Waals surface area (Å²) in [6.07, 6.45) is 3.63. The van der Waals surface area contributed by atoms with Crippen LogP contribution in [-0.2, 0) is 4.74 Å². The lowest BCUT2D eigenvalue weighted by Gasteiger charge is -2.32. The lowest BCUT2D eigenvalue weighted by atomic mass is 10.1. The molecule has 0 spiro atoms. The first-order valence-electron chi connectivity index (χ1n) is 5.66. The van der Waals surface area contributed by atoms with Gasteiger partial charge in [-0.25, -0.2) is 0 Å². The van der Waals surface area contributed by atoms with Gasteiger partial charge in [0.15, 0.2) is 11.0 Å². The smallest absolute Gasteiger partial charge is 0.187 e. The largest absolute Gasteiger partial charge is 0.376 e. The monoisotopic (exact) mass is 261 g/mol. The minimum atomic E-state index is 0.312. The van der Waals surface area contributed by atoms with E-state index < -0.39 is 0 Å². The van der Waals surface area contributed by atoms with Crippen LogP contribution in [-0.4, -0.2) is 34.5 Å². The number of nitrogens with zero attached hydrogens (tertiary/aromatic N) is 3. The van der Waals surface area contributed by atoms with Crippen LogP contribution in [0.3, 0.4) is 0 Å². The van der Waals surface area contributed by atoms with Gasteiger partial charge in [0.05, 0.1) is 17.8 Å². The molecule has 2 heterocycles. The molecule has 0 aromatic carbocycles. The molecule has 1 aromatic rings. The standard InChI is InChI=1S/C10H16ClN3OS/c1-2-6-15-8-4-3-5-14(7-8)10-9(11)12-16-13-10/h8H,2-7H2,1H3. The van der Waals surface area contributed by atoms with Gasteiger partial charge in [-0.3, -0.25) is 0 Å². The normalized spacial score (nSPS) is 21.4. The van der Waals surface area contributed by atoms with Crippen molar-refractivity contribution in [2.24, 2.45) is 0 Å². The topological polar surface area (TPSA) is 38.2 Å². The maximum absolute atomic E-state index is 5.98. The summed E-state index contributed by atoms with van der Waals surface area (Å²) in [4.78, 5) is 2.18. The van der Waals surface area contributed by atoms with Crippen LogP contribution < -0.4 is 4.90 Å². The molecule has 1 aliphatic heterocycles. The van der Waals surface area contributed by atoms with Gasteiger partial charge >= 0.3 is 0 Å². The maximum atomic E-state index is 5.98. The predicted molar refractivity (Wildman–Crippen MR) is 66.4 cm³/mol. The number of hydrogen-bond donors (Lipinski definition) is 0. The SMILES string of the molecule is CCCOC1CCCN(c2nsnc2Cl)C1. The van der Waals surface area contributed by atoms with Crippen LogP contribution in [0.1, 0.15) is 26.2 Å². The third-order valence-electron chi connectivity index (χ3n) is 2.67. The molecule has 1 fully saturated rings. The molecule has 90 valence electrons. The van der Waals surface area contributed by atoms with Crippen molar-refractivity contribution < 1.29 is 4.74 Å². The summed E-state index contributed by atoms with van der Waals surface area (Å²) >= 11 is 7.14. The van der Waals surface area contributed by atoms with Gasteiger partial charge in [0.25, 0.3) is 0 Å². The Kier molecular flexibility index (Phi) is 4.37. The first-order valence-corrected chi connectivity index (χ1v) is 6.76. The fourth-order valence-electron chi connectivity index (χ4n) is 1.91. The van der Waals surface area contributed by atoms with Crippen molar-refractivity contribution in [1.29, 1.82) is 0 Å². The fraction of sp³-hybridized carbons (Fsp3) is 0.800. The van der Waals surface area contributed by atoms with Crippen molar-refractivity contribution in [2.75, 3.05) is 24.6 Å². The molecule has 0 saturated carbocycles. The van der Waals surface area contributed by atoms with E-state index in [1.807, 2.05) is 0 Å². The van der Waals surface area contributed by atoms with Crippen LogP contribution in [0, 0.1) is 0 Å². The second-order valence-corrected chi connectivity index (χ2v) is 4.85. The summed E-state index contributed by atoms with van der Waals surface area (Å²) in [5.41, 5.74) is 0. The van der Waals surface area contributed by atoms with Gasteiger partial charge in [-0.15, -0.1) is 0 Å². The third kappa shape index (κ3) is 2.84. The van der Waals surface area contributed by atoms with Gasteiger partial charge in [0.1, 0.15) is 0 Å². The molecule has 1 aliphatic rings. The highest BCUT2D eigenvalue weighted by Crippen LogP contribution is 2.26. The van der Waals surface area contributed by atoms with Gasteiger partial charge in [-0.2, -0.15) is 8.75 Å². The van der Waals surface area contributed by atoms with Crippen molar-refractivity contribution >= 4 is 29.1 Å². The molecule has 6 heteroatoms. The summed E-state index contributed by atoms with van der Waals surface area (Å²) in [6.45, 7) is 4.84. The lowest BCUT2D eigenvalue weighted by Crippen LogP contribution is -2.40. The van der Waals surface area contributed by atoms with Gasteiger partial charge < -0.3 is 9.64 Å². The van der Waals surface area contributed by atoms with E-state index >= 15 is 0 Å². The summed E-state index contributed by atoms with van der Waals surface area (Å²) < 4.78 is 14.0. The average Bonchev–Trinajstić information content (AvgIpc) is 2.73. The van der Waals surface area contributed by atoms with Crippen LogP contribution in [0.25, 0.3) is 0 Å². The fourth-order valence-corrected chi connectivity index (χ4v) is 2.69. The Hall–Kier alpha value is -0.390. The van der Waals surface area contributed by atoms with Crippen molar-refractivity contribution in [3.05, 3.63) is 5.15 Å². The highest BCUT2D eigenvalue weighted by atomic mass is 35.5. The van der Waals surface area contributed by atoms with Crippen molar-refractivity contribution in [2.45, 2.75) is 32.3 Å². The number of hydrogen-bond acceptors (Lipinski definition) is 5. The molecule has 1 aromatic heterocycles. The van der Waals surface area contributed by atoms with E-state index in [4.69, 9.17) is 16.3 Å². The summed E-state index contributed by atoms with van der Waals surface area (Å²) in [5.74, 6) is 0.816. The number of piperidine rings is 1. The Bertz CT molecular complexity index is 334. The van der Waals surface area contributed by atoms with Crippen LogP contribution >= 0.6 is 23.3 Å². The second-order valence-electron chi connectivity index (χ2n) is 3.96. The number of aromatic nitrogens is 2. The molecule has 1 saturated heterocycles. The van der Waals surface area contributed by atoms with Gasteiger partial charge in [-0.1, -0.05) is 18.5 Å². The minimum absolute atomic E-state index is 0.312. The molecule has 0 bridgehead atoms. The molecule has 2 rings (SSSR count). The zero-order valence-electron chi connectivity index (χ0n) is 9.36. The van der Waals surface area contributed by atoms with Crippen molar-refractivity contribution in [3.63, 3.8) is 0 Å². The quantitative estimate of drug-likeness (QED) is 0.835. The van der Waals surface area contributed by atoms with Gasteiger partial charge in [0.2, 0.25) is 0 Å². The highest BCUT2D eigenvalue weighted by molar-refractivity contribution is 6.99. The average molecular weight is 262 g/mol. The van der Waals surface area contributed by atoms with E-state index in [0.29, 0.717) is 11.3 Å². The zero-order chi connectivity index (χ0) is 11.4. The predicted octanol–water partition coefficient (Wildman–Crippen LogP) is 2.59. The van der Waals surface area contributed by atoms with Crippen molar-refractivity contribution in [3.8, 4) is 0 Å². The van der Waals surface area contributed by atoms with E-state index in [-0.39, 0.29) is 0 Å². The highest BCUT2D eigenvalue weighted by Gasteiger charge is 2.23. The first-order chi connectivity index (χ1) is 7.81. The Morgan fingerprint density at radius 3 is 3.12 bits per heavy atom. The first kappa shape index (κ1) is 12.1. The van der Waals surface area contributed by atoms with Crippen molar-refractivity contribution in [1.82, 2.24) is 8.75 Å². The molecule has 1 atom stereocenters. The molecular formula is C10H16ClN3OS. The lowest BCUT2D eigenvalue weighted by molar-refractivity contribution is 0.0439. The third-order valence-corrected chi connectivity index (χ3v) is 3.54. The van der Waals surface area contributed by atoms with E-state index in [1.165, 1.54) is 0 Å². The molecule has 16 heavy (non-hydrogen) atoms. The summed E-state index contributed by atoms with van der Waals surface area (Å²) in [5, 5.41) is 0.515.